The van der Waals surface area contributed by atoms with Gasteiger partial charge in [0.25, 0.3) is 0 Å². The van der Waals surface area contributed by atoms with E-state index >= 15 is 0 Å². The number of rotatable bonds is 5. The van der Waals surface area contributed by atoms with Gasteiger partial charge < -0.3 is 9.47 Å². The summed E-state index contributed by atoms with van der Waals surface area (Å²) < 4.78 is 9.57. The molecule has 0 aliphatic carbocycles. The minimum Gasteiger partial charge on any atom is -0.459 e. The van der Waals surface area contributed by atoms with Gasteiger partial charge in [-0.3, -0.25) is 4.98 Å². The molecule has 1 heterocycles. The van der Waals surface area contributed by atoms with E-state index in [1.807, 2.05) is 0 Å². The lowest BCUT2D eigenvalue weighted by molar-refractivity contribution is -0.139. The molecule has 1 aromatic heterocycles. The Morgan fingerprint density at radius 3 is 3.00 bits per heavy atom. The Kier molecular flexibility index (Phi) is 5.41. The quantitative estimate of drug-likeness (QED) is 0.330. The van der Waals surface area contributed by atoms with E-state index in [1.165, 1.54) is 13.2 Å². The fourth-order valence-electron chi connectivity index (χ4n) is 1.06. The number of nitriles is 1. The summed E-state index contributed by atoms with van der Waals surface area (Å²) in [7, 11) is 1.50. The highest BCUT2D eigenvalue weighted by atomic mass is 16.6. The van der Waals surface area contributed by atoms with E-state index in [0.717, 1.165) is 0 Å². The van der Waals surface area contributed by atoms with Gasteiger partial charge in [-0.25, -0.2) is 4.79 Å². The van der Waals surface area contributed by atoms with Crippen LogP contribution < -0.4 is 0 Å². The van der Waals surface area contributed by atoms with Crippen LogP contribution in [0.1, 0.15) is 5.56 Å². The molecule has 0 N–H and O–H groups in total. The number of ether oxygens (including phenoxy) is 2. The van der Waals surface area contributed by atoms with Crippen molar-refractivity contribution < 1.29 is 14.3 Å². The highest BCUT2D eigenvalue weighted by molar-refractivity contribution is 5.97. The summed E-state index contributed by atoms with van der Waals surface area (Å²) in [6, 6.07) is 5.26. The summed E-state index contributed by atoms with van der Waals surface area (Å²) in [5.41, 5.74) is 0.613. The molecule has 0 unspecified atom stereocenters. The largest absolute Gasteiger partial charge is 0.459 e. The number of aromatic nitrogens is 1. The summed E-state index contributed by atoms with van der Waals surface area (Å²) in [5.74, 6) is -0.659. The Balaban J connectivity index is 2.69. The summed E-state index contributed by atoms with van der Waals surface area (Å²) in [6.07, 6.45) is 4.60. The molecule has 0 amide bonds. The third-order valence-electron chi connectivity index (χ3n) is 1.86. The average molecular weight is 232 g/mol. The van der Waals surface area contributed by atoms with Crippen LogP contribution in [0.15, 0.2) is 30.1 Å². The van der Waals surface area contributed by atoms with Crippen molar-refractivity contribution >= 4 is 12.0 Å². The summed E-state index contributed by atoms with van der Waals surface area (Å²) >= 11 is 0. The van der Waals surface area contributed by atoms with E-state index in [1.54, 1.807) is 30.6 Å². The predicted molar refractivity (Wildman–Crippen MR) is 60.7 cm³/mol. The van der Waals surface area contributed by atoms with Crippen LogP contribution in [0.3, 0.4) is 0 Å². The molecule has 5 heteroatoms. The van der Waals surface area contributed by atoms with Crippen molar-refractivity contribution in [3.63, 3.8) is 0 Å². The molecule has 1 rings (SSSR count). The number of carbonyl (C=O) groups excluding carboxylic acids is 1. The molecule has 0 spiro atoms. The zero-order valence-corrected chi connectivity index (χ0v) is 9.42. The lowest BCUT2D eigenvalue weighted by Crippen LogP contribution is -2.11. The molecule has 88 valence electrons. The van der Waals surface area contributed by atoms with Crippen LogP contribution in [-0.4, -0.2) is 31.3 Å². The predicted octanol–water partition coefficient (Wildman–Crippen LogP) is 1.18. The van der Waals surface area contributed by atoms with Crippen LogP contribution in [0.2, 0.25) is 0 Å². The Labute approximate surface area is 99.3 Å². The van der Waals surface area contributed by atoms with Crippen LogP contribution in [-0.2, 0) is 14.3 Å². The molecule has 0 aromatic carbocycles. The van der Waals surface area contributed by atoms with Gasteiger partial charge in [-0.15, -0.1) is 0 Å². The number of carbonyl (C=O) groups is 1. The third-order valence-corrected chi connectivity index (χ3v) is 1.86. The molecule has 0 bridgehead atoms. The maximum Gasteiger partial charge on any atom is 0.348 e. The standard InChI is InChI=1S/C12H12N2O3/c1-16-5-6-17-12(15)11(8-13)7-10-3-2-4-14-9-10/h2-4,7,9H,5-6H2,1H3/b11-7-. The van der Waals surface area contributed by atoms with Crippen LogP contribution >= 0.6 is 0 Å². The number of methoxy groups -OCH3 is 1. The molecule has 0 atom stereocenters. The number of hydrogen-bond acceptors (Lipinski definition) is 5. The van der Waals surface area contributed by atoms with Gasteiger partial charge in [-0.1, -0.05) is 6.07 Å². The van der Waals surface area contributed by atoms with E-state index in [2.05, 4.69) is 4.98 Å². The van der Waals surface area contributed by atoms with E-state index in [0.29, 0.717) is 12.2 Å². The molecule has 1 aromatic rings. The fraction of sp³-hybridized carbons (Fsp3) is 0.250. The zero-order chi connectivity index (χ0) is 12.5. The van der Waals surface area contributed by atoms with E-state index in [-0.39, 0.29) is 12.2 Å². The average Bonchev–Trinajstić information content (AvgIpc) is 2.37. The Morgan fingerprint density at radius 1 is 1.59 bits per heavy atom. The van der Waals surface area contributed by atoms with Gasteiger partial charge in [-0.05, 0) is 17.7 Å². The molecular weight excluding hydrogens is 220 g/mol. The Hall–Kier alpha value is -2.19. The van der Waals surface area contributed by atoms with Crippen LogP contribution in [0.4, 0.5) is 0 Å². The van der Waals surface area contributed by atoms with Crippen LogP contribution in [0, 0.1) is 11.3 Å². The maximum absolute atomic E-state index is 11.5. The van der Waals surface area contributed by atoms with Crippen molar-refractivity contribution in [1.29, 1.82) is 5.26 Å². The molecule has 0 radical (unpaired) electrons. The zero-order valence-electron chi connectivity index (χ0n) is 9.42. The van der Waals surface area contributed by atoms with Gasteiger partial charge in [0, 0.05) is 19.5 Å². The highest BCUT2D eigenvalue weighted by Gasteiger charge is 2.10. The first-order valence-corrected chi connectivity index (χ1v) is 4.96. The van der Waals surface area contributed by atoms with Crippen molar-refractivity contribution in [3.8, 4) is 6.07 Å². The van der Waals surface area contributed by atoms with E-state index < -0.39 is 5.97 Å². The number of nitrogens with zero attached hydrogens (tertiary/aromatic N) is 2. The van der Waals surface area contributed by atoms with Crippen molar-refractivity contribution in [2.45, 2.75) is 0 Å². The first-order valence-electron chi connectivity index (χ1n) is 4.96. The normalized spacial score (nSPS) is 10.7. The van der Waals surface area contributed by atoms with Gasteiger partial charge in [-0.2, -0.15) is 5.26 Å². The van der Waals surface area contributed by atoms with E-state index in [4.69, 9.17) is 14.7 Å². The molecule has 0 fully saturated rings. The van der Waals surface area contributed by atoms with Gasteiger partial charge >= 0.3 is 5.97 Å². The van der Waals surface area contributed by atoms with Crippen molar-refractivity contribution in [1.82, 2.24) is 4.98 Å². The third kappa shape index (κ3) is 4.45. The number of hydrogen-bond donors (Lipinski definition) is 0. The van der Waals surface area contributed by atoms with Crippen LogP contribution in [0.25, 0.3) is 6.08 Å². The molecule has 0 saturated carbocycles. The summed E-state index contributed by atoms with van der Waals surface area (Å²) in [4.78, 5) is 15.3. The minimum atomic E-state index is -0.659. The molecule has 0 saturated heterocycles. The molecule has 0 aliphatic rings. The monoisotopic (exact) mass is 232 g/mol. The van der Waals surface area contributed by atoms with Crippen molar-refractivity contribution in [3.05, 3.63) is 35.7 Å². The Morgan fingerprint density at radius 2 is 2.41 bits per heavy atom. The highest BCUT2D eigenvalue weighted by Crippen LogP contribution is 2.06. The maximum atomic E-state index is 11.5. The minimum absolute atomic E-state index is 0.0610. The van der Waals surface area contributed by atoms with Crippen LogP contribution in [0.5, 0.6) is 0 Å². The fourth-order valence-corrected chi connectivity index (χ4v) is 1.06. The molecule has 5 nitrogen and oxygen atoms in total. The SMILES string of the molecule is COCCOC(=O)/C(C#N)=C\c1cccnc1. The summed E-state index contributed by atoms with van der Waals surface area (Å²) in [6.45, 7) is 0.429. The second-order valence-electron chi connectivity index (χ2n) is 3.08. The number of esters is 1. The topological polar surface area (TPSA) is 72.2 Å². The van der Waals surface area contributed by atoms with Gasteiger partial charge in [0.1, 0.15) is 18.2 Å². The summed E-state index contributed by atoms with van der Waals surface area (Å²) in [5, 5.41) is 8.84. The molecule has 17 heavy (non-hydrogen) atoms. The smallest absolute Gasteiger partial charge is 0.348 e. The molecule has 0 aliphatic heterocycles. The lowest BCUT2D eigenvalue weighted by atomic mass is 10.2. The van der Waals surface area contributed by atoms with Crippen molar-refractivity contribution in [2.24, 2.45) is 0 Å². The van der Waals surface area contributed by atoms with Gasteiger partial charge in [0.05, 0.1) is 6.61 Å². The number of pyridine rings is 1. The van der Waals surface area contributed by atoms with Gasteiger partial charge in [0.2, 0.25) is 0 Å². The van der Waals surface area contributed by atoms with Crippen molar-refractivity contribution in [2.75, 3.05) is 20.3 Å². The molecular formula is C12H12N2O3. The second kappa shape index (κ2) is 7.14. The second-order valence-corrected chi connectivity index (χ2v) is 3.08. The first-order chi connectivity index (χ1) is 8.27. The first kappa shape index (κ1) is 12.9. The van der Waals surface area contributed by atoms with Gasteiger partial charge in [0.15, 0.2) is 0 Å². The Bertz CT molecular complexity index is 435. The lowest BCUT2D eigenvalue weighted by Gasteiger charge is -2.02. The van der Waals surface area contributed by atoms with E-state index in [9.17, 15) is 4.79 Å².